The summed E-state index contributed by atoms with van der Waals surface area (Å²) in [7, 11) is 0. The lowest BCUT2D eigenvalue weighted by Gasteiger charge is -2.40. The van der Waals surface area contributed by atoms with E-state index >= 15 is 0 Å². The van der Waals surface area contributed by atoms with Gasteiger partial charge in [0, 0.05) is 47.2 Å². The van der Waals surface area contributed by atoms with Crippen LogP contribution in [0.15, 0.2) is 87.5 Å². The van der Waals surface area contributed by atoms with Crippen molar-refractivity contribution in [2.75, 3.05) is 10.0 Å². The number of oxazole rings is 1. The highest BCUT2D eigenvalue weighted by atomic mass is 32.1. The second kappa shape index (κ2) is 7.78. The number of thiazole rings is 1. The van der Waals surface area contributed by atoms with E-state index in [1.165, 1.54) is 35.4 Å². The van der Waals surface area contributed by atoms with Gasteiger partial charge in [-0.15, -0.1) is 11.3 Å². The van der Waals surface area contributed by atoms with Crippen LogP contribution in [0.4, 0.5) is 11.8 Å². The number of aromatic amines is 2. The quantitative estimate of drug-likeness (QED) is 0.341. The molecular weight excluding hydrogens is 486 g/mol. The summed E-state index contributed by atoms with van der Waals surface area (Å²) in [6, 6.07) is 8.01. The van der Waals surface area contributed by atoms with E-state index < -0.39 is 5.54 Å². The fraction of sp³-hybridized carbons (Fsp3) is 0.0455. The maximum Gasteiger partial charge on any atom is 0.318 e. The number of hydrogen-bond acceptors (Lipinski definition) is 11. The van der Waals surface area contributed by atoms with Crippen LogP contribution in [0.25, 0.3) is 11.3 Å². The molecule has 6 aromatic heterocycles. The molecule has 0 bridgehead atoms. The molecule has 1 aliphatic rings. The predicted molar refractivity (Wildman–Crippen MR) is 129 cm³/mol. The standard InChI is InChI=1S/C22H15N9O2S2/c1-2-15(23-5-1)22(20-25-6-7-26-20)17(14-4-12-35-29-14)18(19-24-9-13-34-19)30(16-3-10-33-28-16)31(22)21-27-8-11-32-21/h1-13,23H,(H,25,26). The van der Waals surface area contributed by atoms with Gasteiger partial charge in [-0.05, 0) is 29.7 Å². The van der Waals surface area contributed by atoms with Gasteiger partial charge in [0.25, 0.3) is 0 Å². The maximum atomic E-state index is 5.93. The first kappa shape index (κ1) is 19.9. The molecule has 0 aliphatic carbocycles. The number of rotatable bonds is 6. The Balaban J connectivity index is 1.69. The lowest BCUT2D eigenvalue weighted by Crippen LogP contribution is -2.52. The maximum absolute atomic E-state index is 5.93. The highest BCUT2D eigenvalue weighted by Gasteiger charge is 2.60. The van der Waals surface area contributed by atoms with E-state index in [1.54, 1.807) is 30.9 Å². The van der Waals surface area contributed by atoms with Crippen LogP contribution in [0.3, 0.4) is 0 Å². The number of hydrogen-bond donors (Lipinski definition) is 2. The summed E-state index contributed by atoms with van der Waals surface area (Å²) in [5.74, 6) is 1.14. The lowest BCUT2D eigenvalue weighted by molar-refractivity contribution is 0.416. The van der Waals surface area contributed by atoms with E-state index in [9.17, 15) is 0 Å². The largest absolute Gasteiger partial charge is 0.431 e. The Morgan fingerprint density at radius 2 is 1.94 bits per heavy atom. The topological polar surface area (TPSA) is 129 Å². The van der Waals surface area contributed by atoms with Gasteiger partial charge in [-0.3, -0.25) is 0 Å². The fourth-order valence-electron chi connectivity index (χ4n) is 4.51. The summed E-state index contributed by atoms with van der Waals surface area (Å²) in [6.07, 6.45) is 11.8. The van der Waals surface area contributed by atoms with Gasteiger partial charge in [-0.25, -0.2) is 25.0 Å². The first-order valence-corrected chi connectivity index (χ1v) is 12.2. The van der Waals surface area contributed by atoms with Gasteiger partial charge in [0.15, 0.2) is 11.4 Å². The minimum atomic E-state index is -1.11. The zero-order chi connectivity index (χ0) is 23.2. The van der Waals surface area contributed by atoms with Crippen molar-refractivity contribution in [2.45, 2.75) is 5.54 Å². The first-order valence-electron chi connectivity index (χ1n) is 10.5. The second-order valence-corrected chi connectivity index (χ2v) is 9.03. The van der Waals surface area contributed by atoms with Crippen molar-refractivity contribution in [3.8, 4) is 0 Å². The second-order valence-electron chi connectivity index (χ2n) is 7.47. The highest BCUT2D eigenvalue weighted by molar-refractivity contribution is 7.10. The molecule has 7 rings (SSSR count). The monoisotopic (exact) mass is 501 g/mol. The molecule has 0 spiro atoms. The summed E-state index contributed by atoms with van der Waals surface area (Å²) in [4.78, 5) is 20.7. The SMILES string of the molecule is c1c[nH]c(C2(c3ncc[nH]3)C(c3ccsn3)=C(c3nccs3)N(c3ccon3)N2c2ncco2)c1. The smallest absolute Gasteiger partial charge is 0.318 e. The number of anilines is 2. The van der Waals surface area contributed by atoms with E-state index in [2.05, 4.69) is 25.1 Å². The van der Waals surface area contributed by atoms with E-state index in [0.29, 0.717) is 17.7 Å². The zero-order valence-corrected chi connectivity index (χ0v) is 19.4. The van der Waals surface area contributed by atoms with E-state index in [4.69, 9.17) is 18.3 Å². The van der Waals surface area contributed by atoms with Gasteiger partial charge < -0.3 is 18.9 Å². The van der Waals surface area contributed by atoms with Gasteiger partial charge in [0.2, 0.25) is 0 Å². The van der Waals surface area contributed by atoms with Crippen molar-refractivity contribution in [3.05, 3.63) is 101 Å². The van der Waals surface area contributed by atoms with Crippen molar-refractivity contribution in [2.24, 2.45) is 0 Å². The fourth-order valence-corrected chi connectivity index (χ4v) is 5.70. The Morgan fingerprint density at radius 1 is 0.943 bits per heavy atom. The molecule has 0 aromatic carbocycles. The molecule has 1 atom stereocenters. The van der Waals surface area contributed by atoms with Crippen LogP contribution in [0.5, 0.6) is 0 Å². The molecule has 1 aliphatic heterocycles. The summed E-state index contributed by atoms with van der Waals surface area (Å²) in [5.41, 5.74) is 2.05. The van der Waals surface area contributed by atoms with Crippen LogP contribution in [0.1, 0.15) is 22.2 Å². The van der Waals surface area contributed by atoms with Crippen molar-refractivity contribution < 1.29 is 8.94 Å². The molecule has 1 unspecified atom stereocenters. The van der Waals surface area contributed by atoms with Crippen LogP contribution < -0.4 is 10.0 Å². The number of imidazole rings is 1. The van der Waals surface area contributed by atoms with E-state index in [1.807, 2.05) is 45.2 Å². The third kappa shape index (κ3) is 2.79. The third-order valence-electron chi connectivity index (χ3n) is 5.73. The molecule has 2 N–H and O–H groups in total. The molecule has 0 saturated heterocycles. The van der Waals surface area contributed by atoms with Crippen molar-refractivity contribution in [1.29, 1.82) is 0 Å². The molecule has 0 radical (unpaired) electrons. The normalized spacial score (nSPS) is 18.2. The molecule has 11 nitrogen and oxygen atoms in total. The average molecular weight is 502 g/mol. The Hall–Kier alpha value is -4.49. The first-order chi connectivity index (χ1) is 17.4. The molecule has 13 heteroatoms. The van der Waals surface area contributed by atoms with Crippen LogP contribution in [0.2, 0.25) is 0 Å². The van der Waals surface area contributed by atoms with Crippen LogP contribution in [0, 0.1) is 0 Å². The number of nitrogens with zero attached hydrogens (tertiary/aromatic N) is 7. The molecule has 0 saturated carbocycles. The Labute approximate surface area is 205 Å². The third-order valence-corrected chi connectivity index (χ3v) is 7.07. The zero-order valence-electron chi connectivity index (χ0n) is 17.8. The molecule has 0 amide bonds. The van der Waals surface area contributed by atoms with Crippen LogP contribution in [-0.2, 0) is 5.54 Å². The summed E-state index contributed by atoms with van der Waals surface area (Å²) < 4.78 is 16.0. The van der Waals surface area contributed by atoms with Crippen molar-refractivity contribution >= 4 is 46.0 Å². The molecule has 35 heavy (non-hydrogen) atoms. The minimum absolute atomic E-state index is 0.318. The van der Waals surface area contributed by atoms with Gasteiger partial charge in [0.05, 0.1) is 17.6 Å². The Morgan fingerprint density at radius 3 is 2.60 bits per heavy atom. The highest BCUT2D eigenvalue weighted by Crippen LogP contribution is 2.57. The van der Waals surface area contributed by atoms with Crippen LogP contribution >= 0.6 is 22.9 Å². The molecule has 6 aromatic rings. The Kier molecular flexibility index (Phi) is 4.43. The van der Waals surface area contributed by atoms with Crippen molar-refractivity contribution in [1.82, 2.24) is 34.5 Å². The average Bonchev–Trinajstić information content (AvgIpc) is 3.71. The van der Waals surface area contributed by atoms with Gasteiger partial charge in [-0.1, -0.05) is 5.16 Å². The van der Waals surface area contributed by atoms with Gasteiger partial charge >= 0.3 is 6.01 Å². The summed E-state index contributed by atoms with van der Waals surface area (Å²) >= 11 is 2.87. The molecular formula is C22H15N9O2S2. The van der Waals surface area contributed by atoms with Gasteiger partial charge in [-0.2, -0.15) is 4.37 Å². The molecule has 172 valence electrons. The molecule has 7 heterocycles. The van der Waals surface area contributed by atoms with Crippen LogP contribution in [-0.4, -0.2) is 34.5 Å². The summed E-state index contributed by atoms with van der Waals surface area (Å²) in [6.45, 7) is 0. The van der Waals surface area contributed by atoms with Gasteiger partial charge in [0.1, 0.15) is 29.1 Å². The Bertz CT molecular complexity index is 1500. The lowest BCUT2D eigenvalue weighted by atomic mass is 9.83. The molecule has 0 fully saturated rings. The van der Waals surface area contributed by atoms with E-state index in [0.717, 1.165) is 27.7 Å². The van der Waals surface area contributed by atoms with E-state index in [-0.39, 0.29) is 0 Å². The number of nitrogens with one attached hydrogen (secondary N) is 2. The number of aromatic nitrogens is 7. The minimum Gasteiger partial charge on any atom is -0.431 e. The predicted octanol–water partition coefficient (Wildman–Crippen LogP) is 4.38. The number of hydrazine groups is 1. The number of H-pyrrole nitrogens is 2. The van der Waals surface area contributed by atoms with Crippen molar-refractivity contribution in [3.63, 3.8) is 0 Å². The summed E-state index contributed by atoms with van der Waals surface area (Å²) in [5, 5.41) is 12.7.